The highest BCUT2D eigenvalue weighted by Gasteiger charge is 2.21. The molecule has 3 heteroatoms. The number of aryl methyl sites for hydroxylation is 2. The number of rotatable bonds is 7. The van der Waals surface area contributed by atoms with E-state index < -0.39 is 0 Å². The molecule has 3 nitrogen and oxygen atoms in total. The summed E-state index contributed by atoms with van der Waals surface area (Å²) >= 11 is 0. The van der Waals surface area contributed by atoms with Gasteiger partial charge < -0.3 is 9.88 Å². The van der Waals surface area contributed by atoms with Gasteiger partial charge in [-0.05, 0) is 31.0 Å². The summed E-state index contributed by atoms with van der Waals surface area (Å²) in [7, 11) is 0. The predicted molar refractivity (Wildman–Crippen MR) is 88.6 cm³/mol. The second-order valence-electron chi connectivity index (χ2n) is 5.48. The van der Waals surface area contributed by atoms with Crippen molar-refractivity contribution in [3.05, 3.63) is 53.6 Å². The van der Waals surface area contributed by atoms with Gasteiger partial charge in [0.1, 0.15) is 5.82 Å². The van der Waals surface area contributed by atoms with E-state index >= 15 is 0 Å². The highest BCUT2D eigenvalue weighted by Crippen LogP contribution is 2.27. The van der Waals surface area contributed by atoms with Gasteiger partial charge in [0.15, 0.2) is 0 Å². The molecule has 0 fully saturated rings. The lowest BCUT2D eigenvalue weighted by Crippen LogP contribution is -2.29. The smallest absolute Gasteiger partial charge is 0.108 e. The van der Waals surface area contributed by atoms with Crippen LogP contribution in [-0.2, 0) is 12.8 Å². The molecule has 0 aliphatic heterocycles. The molecule has 114 valence electrons. The first-order valence-electron chi connectivity index (χ1n) is 8.05. The molecule has 0 amide bonds. The average molecular weight is 285 g/mol. The Hall–Kier alpha value is -1.61. The molecule has 0 aliphatic carbocycles. The van der Waals surface area contributed by atoms with Crippen LogP contribution in [0.5, 0.6) is 0 Å². The summed E-state index contributed by atoms with van der Waals surface area (Å²) in [5.41, 5.74) is 2.73. The van der Waals surface area contributed by atoms with Crippen LogP contribution in [-0.4, -0.2) is 16.1 Å². The van der Waals surface area contributed by atoms with Crippen LogP contribution in [0.1, 0.15) is 56.7 Å². The molecule has 0 saturated carbocycles. The van der Waals surface area contributed by atoms with Crippen LogP contribution >= 0.6 is 0 Å². The first-order valence-corrected chi connectivity index (χ1v) is 8.05. The van der Waals surface area contributed by atoms with E-state index in [9.17, 15) is 0 Å². The van der Waals surface area contributed by atoms with Crippen LogP contribution in [0.2, 0.25) is 0 Å². The number of imidazole rings is 1. The van der Waals surface area contributed by atoms with Crippen molar-refractivity contribution < 1.29 is 0 Å². The molecular weight excluding hydrogens is 258 g/mol. The van der Waals surface area contributed by atoms with E-state index in [1.54, 1.807) is 0 Å². The van der Waals surface area contributed by atoms with Gasteiger partial charge in [0.05, 0.1) is 12.1 Å². The first kappa shape index (κ1) is 15.8. The van der Waals surface area contributed by atoms with Gasteiger partial charge in [-0.1, -0.05) is 45.0 Å². The Balaban J connectivity index is 2.28. The quantitative estimate of drug-likeness (QED) is 0.835. The van der Waals surface area contributed by atoms with Crippen LogP contribution in [0.3, 0.4) is 0 Å². The summed E-state index contributed by atoms with van der Waals surface area (Å²) < 4.78 is 2.29. The lowest BCUT2D eigenvalue weighted by molar-refractivity contribution is 0.377. The fourth-order valence-corrected chi connectivity index (χ4v) is 2.90. The van der Waals surface area contributed by atoms with Crippen molar-refractivity contribution in [3.8, 4) is 0 Å². The SMILES string of the molecule is CCNC(c1ccc(CC)cc1)C(C)n1ccnc1CC. The molecule has 21 heavy (non-hydrogen) atoms. The molecular formula is C18H27N3. The van der Waals surface area contributed by atoms with E-state index in [0.717, 1.165) is 25.2 Å². The van der Waals surface area contributed by atoms with Gasteiger partial charge in [-0.15, -0.1) is 0 Å². The van der Waals surface area contributed by atoms with E-state index in [1.165, 1.54) is 11.1 Å². The fraction of sp³-hybridized carbons (Fsp3) is 0.500. The van der Waals surface area contributed by atoms with E-state index in [1.807, 2.05) is 6.20 Å². The zero-order valence-electron chi connectivity index (χ0n) is 13.6. The van der Waals surface area contributed by atoms with Crippen LogP contribution < -0.4 is 5.32 Å². The predicted octanol–water partition coefficient (Wildman–Crippen LogP) is 3.92. The summed E-state index contributed by atoms with van der Waals surface area (Å²) in [5, 5.41) is 3.63. The van der Waals surface area contributed by atoms with Gasteiger partial charge in [-0.25, -0.2) is 4.98 Å². The monoisotopic (exact) mass is 285 g/mol. The van der Waals surface area contributed by atoms with Gasteiger partial charge in [-0.3, -0.25) is 0 Å². The number of hydrogen-bond donors (Lipinski definition) is 1. The second-order valence-corrected chi connectivity index (χ2v) is 5.48. The van der Waals surface area contributed by atoms with Gasteiger partial charge in [0.2, 0.25) is 0 Å². The molecule has 1 N–H and O–H groups in total. The molecule has 1 aromatic heterocycles. The molecule has 0 bridgehead atoms. The van der Waals surface area contributed by atoms with Gasteiger partial charge >= 0.3 is 0 Å². The van der Waals surface area contributed by atoms with E-state index in [-0.39, 0.29) is 0 Å². The normalized spacial score (nSPS) is 14.1. The fourth-order valence-electron chi connectivity index (χ4n) is 2.90. The van der Waals surface area contributed by atoms with E-state index in [0.29, 0.717) is 12.1 Å². The van der Waals surface area contributed by atoms with Crippen molar-refractivity contribution >= 4 is 0 Å². The maximum absolute atomic E-state index is 4.45. The maximum atomic E-state index is 4.45. The molecule has 1 aromatic carbocycles. The lowest BCUT2D eigenvalue weighted by Gasteiger charge is -2.28. The summed E-state index contributed by atoms with van der Waals surface area (Å²) in [5.74, 6) is 1.15. The van der Waals surface area contributed by atoms with Crippen molar-refractivity contribution in [1.82, 2.24) is 14.9 Å². The second kappa shape index (κ2) is 7.41. The Morgan fingerprint density at radius 2 is 1.81 bits per heavy atom. The standard InChI is InChI=1S/C18H27N3/c1-5-15-8-10-16(11-9-15)18(19-7-3)14(4)21-13-12-20-17(21)6-2/h8-14,18-19H,5-7H2,1-4H3. The van der Waals surface area contributed by atoms with Gasteiger partial charge in [-0.2, -0.15) is 0 Å². The van der Waals surface area contributed by atoms with Crippen LogP contribution in [0.25, 0.3) is 0 Å². The van der Waals surface area contributed by atoms with Crippen molar-refractivity contribution in [2.24, 2.45) is 0 Å². The Kier molecular flexibility index (Phi) is 5.57. The zero-order chi connectivity index (χ0) is 15.2. The highest BCUT2D eigenvalue weighted by atomic mass is 15.1. The molecule has 0 radical (unpaired) electrons. The Morgan fingerprint density at radius 3 is 2.38 bits per heavy atom. The average Bonchev–Trinajstić information content (AvgIpc) is 3.00. The summed E-state index contributed by atoms with van der Waals surface area (Å²) in [6.07, 6.45) is 6.04. The molecule has 0 spiro atoms. The summed E-state index contributed by atoms with van der Waals surface area (Å²) in [6, 6.07) is 9.63. The molecule has 0 aliphatic rings. The largest absolute Gasteiger partial charge is 0.330 e. The number of nitrogens with zero attached hydrogens (tertiary/aromatic N) is 2. The molecule has 2 atom stereocenters. The van der Waals surface area contributed by atoms with Crippen LogP contribution in [0.4, 0.5) is 0 Å². The van der Waals surface area contributed by atoms with E-state index in [2.05, 4.69) is 73.0 Å². The first-order chi connectivity index (χ1) is 10.2. The third kappa shape index (κ3) is 3.53. The Labute approximate surface area is 128 Å². The minimum atomic E-state index is 0.306. The molecule has 2 aromatic rings. The molecule has 0 saturated heterocycles. The topological polar surface area (TPSA) is 29.9 Å². The number of benzene rings is 1. The minimum absolute atomic E-state index is 0.306. The summed E-state index contributed by atoms with van der Waals surface area (Å²) in [4.78, 5) is 4.45. The van der Waals surface area contributed by atoms with Crippen molar-refractivity contribution in [1.29, 1.82) is 0 Å². The lowest BCUT2D eigenvalue weighted by atomic mass is 9.98. The minimum Gasteiger partial charge on any atom is -0.330 e. The number of nitrogens with one attached hydrogen (secondary N) is 1. The van der Waals surface area contributed by atoms with Gasteiger partial charge in [0.25, 0.3) is 0 Å². The molecule has 2 unspecified atom stereocenters. The Morgan fingerprint density at radius 1 is 1.10 bits per heavy atom. The molecule has 1 heterocycles. The van der Waals surface area contributed by atoms with Crippen LogP contribution in [0, 0.1) is 0 Å². The van der Waals surface area contributed by atoms with Crippen molar-refractivity contribution in [2.45, 2.75) is 52.6 Å². The Bertz CT molecular complexity index is 542. The third-order valence-electron chi connectivity index (χ3n) is 4.16. The maximum Gasteiger partial charge on any atom is 0.108 e. The number of aromatic nitrogens is 2. The van der Waals surface area contributed by atoms with Crippen molar-refractivity contribution in [3.63, 3.8) is 0 Å². The summed E-state index contributed by atoms with van der Waals surface area (Å²) in [6.45, 7) is 9.74. The zero-order valence-corrected chi connectivity index (χ0v) is 13.6. The van der Waals surface area contributed by atoms with Crippen LogP contribution in [0.15, 0.2) is 36.7 Å². The number of likely N-dealkylation sites (N-methyl/N-ethyl adjacent to an activating group) is 1. The highest BCUT2D eigenvalue weighted by molar-refractivity contribution is 5.26. The van der Waals surface area contributed by atoms with Gasteiger partial charge in [0, 0.05) is 18.8 Å². The van der Waals surface area contributed by atoms with Crippen molar-refractivity contribution in [2.75, 3.05) is 6.54 Å². The van der Waals surface area contributed by atoms with E-state index in [4.69, 9.17) is 0 Å². The molecule has 2 rings (SSSR count). The third-order valence-corrected chi connectivity index (χ3v) is 4.16. The number of hydrogen-bond acceptors (Lipinski definition) is 2.